The van der Waals surface area contributed by atoms with Crippen LogP contribution < -0.4 is 9.30 Å². The smallest absolute Gasteiger partial charge is 0.269 e. The van der Waals surface area contributed by atoms with E-state index < -0.39 is 73.2 Å². The molecule has 3 heterocycles. The normalized spacial score (nSPS) is 16.8. The van der Waals surface area contributed by atoms with Crippen molar-refractivity contribution in [3.63, 3.8) is 0 Å². The molecule has 1 aliphatic carbocycles. The fraction of sp³-hybridized carbons (Fsp3) is 0.115. The van der Waals surface area contributed by atoms with E-state index in [2.05, 4.69) is 6.33 Å². The molecule has 1 aliphatic rings. The summed E-state index contributed by atoms with van der Waals surface area (Å²) in [4.78, 5) is 4.87. The molecule has 0 spiro atoms. The zero-order chi connectivity index (χ0) is 56.1. The van der Waals surface area contributed by atoms with E-state index in [9.17, 15) is 1.37 Å². The molecule has 5 nitrogen and oxygen atoms in total. The number of rotatable bonds is 9. The molecular weight excluding hydrogens is 805 g/mol. The van der Waals surface area contributed by atoms with Crippen molar-refractivity contribution in [1.29, 1.82) is 0 Å². The number of pyridine rings is 1. The number of hydrogen-bond donors (Lipinski definition) is 0. The quantitative estimate of drug-likeness (QED) is 0.107. The van der Waals surface area contributed by atoms with Crippen LogP contribution in [0.4, 0.5) is 0 Å². The van der Waals surface area contributed by atoms with Crippen LogP contribution in [0.3, 0.4) is 0 Å². The molecule has 0 amide bonds. The first-order chi connectivity index (χ1) is 38.3. The Morgan fingerprint density at radius 3 is 2.11 bits per heavy atom. The predicted octanol–water partition coefficient (Wildman–Crippen LogP) is 15.3. The van der Waals surface area contributed by atoms with E-state index in [1.54, 1.807) is 45.7 Å². The van der Waals surface area contributed by atoms with E-state index >= 15 is 0 Å². The van der Waals surface area contributed by atoms with Crippen LogP contribution in [-0.2, 0) is 0 Å². The lowest BCUT2D eigenvalue weighted by atomic mass is 9.84. The van der Waals surface area contributed by atoms with Crippen molar-refractivity contribution < 1.29 is 28.5 Å². The van der Waals surface area contributed by atoms with Crippen molar-refractivity contribution in [1.82, 2.24) is 14.1 Å². The minimum atomic E-state index is -2.46. The number of para-hydroxylation sites is 2. The maximum atomic E-state index is 9.73. The zero-order valence-corrected chi connectivity index (χ0v) is 35.6. The highest BCUT2D eigenvalue weighted by Crippen LogP contribution is 2.39. The van der Waals surface area contributed by atoms with Gasteiger partial charge in [-0.3, -0.25) is 13.7 Å². The number of nitrogens with zero attached hydrogens (tertiary/aromatic N) is 4. The van der Waals surface area contributed by atoms with Gasteiger partial charge in [0.2, 0.25) is 0 Å². The molecule has 0 unspecified atom stereocenters. The molecule has 66 heavy (non-hydrogen) atoms. The number of hydrogen-bond acceptors (Lipinski definition) is 2. The number of aromatic nitrogens is 4. The maximum Gasteiger partial charge on any atom is 0.269 e. The average Bonchev–Trinajstić information content (AvgIpc) is 4.18. The number of benzene rings is 8. The van der Waals surface area contributed by atoms with Gasteiger partial charge in [-0.15, -0.1) is 0 Å². The lowest BCUT2D eigenvalue weighted by molar-refractivity contribution is -0.571. The summed E-state index contributed by atoms with van der Waals surface area (Å²) in [6.45, 7) is -2.46. The molecule has 318 valence electrons. The Morgan fingerprint density at radius 2 is 1.33 bits per heavy atom. The van der Waals surface area contributed by atoms with Gasteiger partial charge < -0.3 is 4.74 Å². The van der Waals surface area contributed by atoms with Gasteiger partial charge in [0.1, 0.15) is 17.3 Å². The molecule has 0 radical (unpaired) electrons. The second-order valence-corrected chi connectivity index (χ2v) is 16.4. The molecule has 0 atom stereocenters. The van der Waals surface area contributed by atoms with Gasteiger partial charge in [-0.25, -0.2) is 4.98 Å². The van der Waals surface area contributed by atoms with Crippen LogP contribution in [0, 0.1) is 13.2 Å². The Hall–Kier alpha value is -8.02. The first kappa shape index (κ1) is 27.3. The van der Waals surface area contributed by atoms with Crippen LogP contribution in [-0.4, -0.2) is 14.1 Å². The van der Waals surface area contributed by atoms with Gasteiger partial charge in [0.25, 0.3) is 6.33 Å². The summed E-state index contributed by atoms with van der Waals surface area (Å²) < 4.78 is 136. The Kier molecular flexibility index (Phi) is 6.97. The molecule has 12 rings (SSSR count). The SMILES string of the molecule is [2H]c1c([2H])c([2H])c(-c2cccc(-c3c([2H])c([2H])c([2H])c([2H])c3[2H])c2-[n+]2[c-]n(-c3cccc(Oc4ccc5c6ccccc6n(-c6cc(C([2H])([2H])[2H])c(-c7ccccc7)cn6)c5c4)c3)c3cc(C4([2H])CCCCC4)ccc32)c([2H])c1[2H]. The van der Waals surface area contributed by atoms with Gasteiger partial charge in [0, 0.05) is 34.1 Å². The fourth-order valence-corrected chi connectivity index (χ4v) is 9.41. The van der Waals surface area contributed by atoms with Gasteiger partial charge in [-0.1, -0.05) is 165 Å². The number of imidazole rings is 1. The molecule has 5 heteroatoms. The first-order valence-electron chi connectivity index (χ1n) is 29.0. The molecule has 1 saturated carbocycles. The monoisotopic (exact) mass is 866 g/mol. The predicted molar refractivity (Wildman–Crippen MR) is 269 cm³/mol. The molecule has 0 aliphatic heterocycles. The first-order valence-corrected chi connectivity index (χ1v) is 22.0. The zero-order valence-electron chi connectivity index (χ0n) is 49.6. The summed E-state index contributed by atoms with van der Waals surface area (Å²) in [6, 6.07) is 36.6. The lowest BCUT2D eigenvalue weighted by Gasteiger charge is -2.22. The van der Waals surface area contributed by atoms with Crippen molar-refractivity contribution in [2.45, 2.75) is 44.8 Å². The summed E-state index contributed by atoms with van der Waals surface area (Å²) >= 11 is 0. The Labute approximate surface area is 405 Å². The highest BCUT2D eigenvalue weighted by Gasteiger charge is 2.23. The van der Waals surface area contributed by atoms with Gasteiger partial charge in [0.15, 0.2) is 0 Å². The molecule has 0 saturated heterocycles. The van der Waals surface area contributed by atoms with Gasteiger partial charge >= 0.3 is 0 Å². The molecule has 0 N–H and O–H groups in total. The largest absolute Gasteiger partial charge is 0.458 e. The molecule has 0 bridgehead atoms. The Bertz CT molecular complexity index is 4190. The van der Waals surface area contributed by atoms with Crippen LogP contribution in [0.1, 0.15) is 68.3 Å². The van der Waals surface area contributed by atoms with Crippen molar-refractivity contribution in [3.05, 3.63) is 224 Å². The average molecular weight is 867 g/mol. The second-order valence-electron chi connectivity index (χ2n) is 16.4. The summed E-state index contributed by atoms with van der Waals surface area (Å²) in [5, 5.41) is 1.81. The minimum absolute atomic E-state index is 0.113. The van der Waals surface area contributed by atoms with Crippen molar-refractivity contribution in [2.24, 2.45) is 0 Å². The third kappa shape index (κ3) is 7.14. The second kappa shape index (κ2) is 16.8. The topological polar surface area (TPSA) is 35.9 Å². The van der Waals surface area contributed by atoms with Crippen LogP contribution in [0.2, 0.25) is 0 Å². The maximum absolute atomic E-state index is 9.73. The van der Waals surface area contributed by atoms with Crippen LogP contribution in [0.15, 0.2) is 206 Å². The molecule has 1 fully saturated rings. The molecule has 8 aromatic carbocycles. The van der Waals surface area contributed by atoms with E-state index in [0.717, 1.165) is 46.7 Å². The van der Waals surface area contributed by atoms with Crippen molar-refractivity contribution >= 4 is 32.8 Å². The minimum Gasteiger partial charge on any atom is -0.458 e. The van der Waals surface area contributed by atoms with Gasteiger partial charge in [0.05, 0.1) is 47.1 Å². The van der Waals surface area contributed by atoms with Gasteiger partial charge in [-0.2, -0.15) is 0 Å². The summed E-state index contributed by atoms with van der Waals surface area (Å²) in [5.41, 5.74) is 5.30. The fourth-order valence-electron chi connectivity index (χ4n) is 9.41. The third-order valence-corrected chi connectivity index (χ3v) is 12.5. The van der Waals surface area contributed by atoms with E-state index in [4.69, 9.17) is 27.5 Å². The van der Waals surface area contributed by atoms with E-state index in [-0.39, 0.29) is 33.5 Å². The Balaban J connectivity index is 1.05. The van der Waals surface area contributed by atoms with Crippen LogP contribution in [0.25, 0.3) is 83.4 Å². The highest BCUT2D eigenvalue weighted by atomic mass is 16.5. The summed E-state index contributed by atoms with van der Waals surface area (Å²) in [6.07, 6.45) is 9.17. The third-order valence-electron chi connectivity index (χ3n) is 12.5. The number of fused-ring (bicyclic) bond motifs is 4. The molecule has 11 aromatic rings. The van der Waals surface area contributed by atoms with E-state index in [1.165, 1.54) is 0 Å². The standard InChI is InChI=1S/C61H48N4O/c1-42-36-60(62-40-55(42)46-24-12-5-13-25-46)65-56-31-15-14-28-53(56)54-34-33-50(39-58(54)65)66-49-27-16-26-48(38-49)63-41-64(57-35-32-47(37-59(57)63)43-18-6-2-7-19-43)61-51(44-20-8-3-9-21-44)29-17-30-52(61)45-22-10-4-11-23-45/h3-5,8-17,20-40,43H,2,6-7,18-19H2,1H3/i1D3,3D,4D,8D,9D,10D,11D,20D,21D,22D,23D,43D. The van der Waals surface area contributed by atoms with Crippen molar-refractivity contribution in [3.8, 4) is 62.1 Å². The van der Waals surface area contributed by atoms with Gasteiger partial charge in [-0.05, 0) is 113 Å². The van der Waals surface area contributed by atoms with E-state index in [1.807, 2.05) is 114 Å². The molecule has 3 aromatic heterocycles. The van der Waals surface area contributed by atoms with E-state index in [0.29, 0.717) is 58.0 Å². The molecular formula is C61H48N4O. The lowest BCUT2D eigenvalue weighted by Crippen LogP contribution is -2.31. The van der Waals surface area contributed by atoms with Crippen LogP contribution in [0.5, 0.6) is 11.5 Å². The summed E-state index contributed by atoms with van der Waals surface area (Å²) in [7, 11) is 0. The highest BCUT2D eigenvalue weighted by molar-refractivity contribution is 6.09. The summed E-state index contributed by atoms with van der Waals surface area (Å²) in [5.74, 6) is 0.379. The number of aryl methyl sites for hydroxylation is 1. The van der Waals surface area contributed by atoms with Crippen molar-refractivity contribution in [2.75, 3.05) is 0 Å². The van der Waals surface area contributed by atoms with Crippen LogP contribution >= 0.6 is 0 Å². The Morgan fingerprint density at radius 1 is 0.621 bits per heavy atom. The number of ether oxygens (including phenoxy) is 1.